The number of aryl methyl sites for hydroxylation is 1. The second kappa shape index (κ2) is 5.06. The predicted molar refractivity (Wildman–Crippen MR) is 69.1 cm³/mol. The van der Waals surface area contributed by atoms with Crippen LogP contribution in [0.15, 0.2) is 18.2 Å². The molecule has 2 rings (SSSR count). The van der Waals surface area contributed by atoms with Crippen LogP contribution in [-0.4, -0.2) is 36.0 Å². The van der Waals surface area contributed by atoms with Gasteiger partial charge in [-0.25, -0.2) is 4.39 Å². The Labute approximate surface area is 107 Å². The number of amides is 1. The minimum Gasteiger partial charge on any atom is -0.331 e. The van der Waals surface area contributed by atoms with Crippen molar-refractivity contribution in [2.45, 2.75) is 32.9 Å². The van der Waals surface area contributed by atoms with E-state index in [0.29, 0.717) is 11.1 Å². The third-order valence-corrected chi connectivity index (χ3v) is 3.48. The Balaban J connectivity index is 2.26. The van der Waals surface area contributed by atoms with E-state index >= 15 is 0 Å². The molecular formula is C14H19FN2O. The lowest BCUT2D eigenvalue weighted by molar-refractivity contribution is 0.0544. The summed E-state index contributed by atoms with van der Waals surface area (Å²) in [5.74, 6) is -0.410. The van der Waals surface area contributed by atoms with Crippen LogP contribution in [0.5, 0.6) is 0 Å². The summed E-state index contributed by atoms with van der Waals surface area (Å²) >= 11 is 0. The van der Waals surface area contributed by atoms with E-state index in [1.165, 1.54) is 6.07 Å². The van der Waals surface area contributed by atoms with Crippen molar-refractivity contribution >= 4 is 5.91 Å². The summed E-state index contributed by atoms with van der Waals surface area (Å²) in [6, 6.07) is 4.94. The standard InChI is InChI=1S/C14H19FN2O/c1-9-4-5-12(6-13(9)15)14(18)17-10(2)7-16-8-11(17)3/h4-6,10-11,16H,7-8H2,1-3H3. The van der Waals surface area contributed by atoms with Crippen molar-refractivity contribution in [3.05, 3.63) is 35.1 Å². The van der Waals surface area contributed by atoms with Crippen LogP contribution in [0.4, 0.5) is 4.39 Å². The third kappa shape index (κ3) is 2.38. The number of nitrogens with one attached hydrogen (secondary N) is 1. The molecule has 1 amide bonds. The van der Waals surface area contributed by atoms with Crippen molar-refractivity contribution in [2.24, 2.45) is 0 Å². The van der Waals surface area contributed by atoms with E-state index in [4.69, 9.17) is 0 Å². The molecule has 1 aromatic rings. The Morgan fingerprint density at radius 2 is 1.94 bits per heavy atom. The van der Waals surface area contributed by atoms with Crippen molar-refractivity contribution < 1.29 is 9.18 Å². The lowest BCUT2D eigenvalue weighted by atomic mass is 10.1. The topological polar surface area (TPSA) is 32.3 Å². The van der Waals surface area contributed by atoms with E-state index < -0.39 is 0 Å². The lowest BCUT2D eigenvalue weighted by Gasteiger charge is -2.39. The highest BCUT2D eigenvalue weighted by Crippen LogP contribution is 2.17. The monoisotopic (exact) mass is 250 g/mol. The van der Waals surface area contributed by atoms with Gasteiger partial charge in [0.15, 0.2) is 0 Å². The Morgan fingerprint density at radius 1 is 1.33 bits per heavy atom. The van der Waals surface area contributed by atoms with Crippen LogP contribution in [-0.2, 0) is 0 Å². The number of piperazine rings is 1. The first-order valence-corrected chi connectivity index (χ1v) is 6.30. The molecule has 1 aliphatic rings. The normalized spacial score (nSPS) is 24.1. The molecule has 0 spiro atoms. The number of carbonyl (C=O) groups excluding carboxylic acids is 1. The fourth-order valence-electron chi connectivity index (χ4n) is 2.41. The highest BCUT2D eigenvalue weighted by Gasteiger charge is 2.29. The molecule has 0 aliphatic carbocycles. The van der Waals surface area contributed by atoms with E-state index in [2.05, 4.69) is 5.32 Å². The summed E-state index contributed by atoms with van der Waals surface area (Å²) in [5.41, 5.74) is 0.992. The van der Waals surface area contributed by atoms with E-state index in [9.17, 15) is 9.18 Å². The zero-order valence-corrected chi connectivity index (χ0v) is 11.0. The van der Waals surface area contributed by atoms with Gasteiger partial charge in [-0.15, -0.1) is 0 Å². The van der Waals surface area contributed by atoms with Crippen LogP contribution in [0.2, 0.25) is 0 Å². The Bertz CT molecular complexity index is 451. The van der Waals surface area contributed by atoms with Crippen molar-refractivity contribution in [2.75, 3.05) is 13.1 Å². The number of halogens is 1. The predicted octanol–water partition coefficient (Wildman–Crippen LogP) is 1.96. The molecule has 0 aromatic heterocycles. The summed E-state index contributed by atoms with van der Waals surface area (Å²) < 4.78 is 13.5. The number of hydrogen-bond donors (Lipinski definition) is 1. The molecule has 0 radical (unpaired) electrons. The maximum absolute atomic E-state index is 13.5. The van der Waals surface area contributed by atoms with Gasteiger partial charge in [-0.1, -0.05) is 6.07 Å². The number of carbonyl (C=O) groups is 1. The van der Waals surface area contributed by atoms with E-state index in [1.54, 1.807) is 19.1 Å². The van der Waals surface area contributed by atoms with Crippen LogP contribution in [0.25, 0.3) is 0 Å². The molecule has 2 unspecified atom stereocenters. The molecule has 4 heteroatoms. The highest BCUT2D eigenvalue weighted by molar-refractivity contribution is 5.94. The van der Waals surface area contributed by atoms with Gasteiger partial charge in [0.05, 0.1) is 0 Å². The maximum atomic E-state index is 13.5. The fourth-order valence-corrected chi connectivity index (χ4v) is 2.41. The first-order chi connectivity index (χ1) is 8.50. The minimum absolute atomic E-state index is 0.0876. The van der Waals surface area contributed by atoms with Crippen molar-refractivity contribution in [3.63, 3.8) is 0 Å². The molecule has 18 heavy (non-hydrogen) atoms. The van der Waals surface area contributed by atoms with Crippen LogP contribution in [0.3, 0.4) is 0 Å². The molecule has 1 N–H and O–H groups in total. The summed E-state index contributed by atoms with van der Waals surface area (Å²) in [6.07, 6.45) is 0. The molecule has 1 saturated heterocycles. The van der Waals surface area contributed by atoms with Crippen LogP contribution in [0, 0.1) is 12.7 Å². The lowest BCUT2D eigenvalue weighted by Crippen LogP contribution is -2.57. The number of rotatable bonds is 1. The summed E-state index contributed by atoms with van der Waals surface area (Å²) in [4.78, 5) is 14.2. The molecule has 3 nitrogen and oxygen atoms in total. The average molecular weight is 250 g/mol. The first-order valence-electron chi connectivity index (χ1n) is 6.30. The molecule has 2 atom stereocenters. The minimum atomic E-state index is -0.323. The number of benzene rings is 1. The second-order valence-electron chi connectivity index (χ2n) is 5.03. The van der Waals surface area contributed by atoms with Gasteiger partial charge in [-0.2, -0.15) is 0 Å². The van der Waals surface area contributed by atoms with Gasteiger partial charge < -0.3 is 10.2 Å². The molecule has 1 heterocycles. The summed E-state index contributed by atoms with van der Waals surface area (Å²) in [6.45, 7) is 7.27. The van der Waals surface area contributed by atoms with Crippen LogP contribution in [0.1, 0.15) is 29.8 Å². The third-order valence-electron chi connectivity index (χ3n) is 3.48. The van der Waals surface area contributed by atoms with Gasteiger partial charge in [-0.3, -0.25) is 4.79 Å². The molecule has 1 fully saturated rings. The van der Waals surface area contributed by atoms with E-state index in [1.807, 2.05) is 18.7 Å². The Kier molecular flexibility index (Phi) is 3.66. The zero-order valence-electron chi connectivity index (χ0n) is 11.0. The van der Waals surface area contributed by atoms with Crippen LogP contribution < -0.4 is 5.32 Å². The molecule has 0 bridgehead atoms. The van der Waals surface area contributed by atoms with Crippen molar-refractivity contribution in [1.82, 2.24) is 10.2 Å². The number of hydrogen-bond acceptors (Lipinski definition) is 2. The number of nitrogens with zero attached hydrogens (tertiary/aromatic N) is 1. The molecular weight excluding hydrogens is 231 g/mol. The van der Waals surface area contributed by atoms with Gasteiger partial charge in [0.25, 0.3) is 5.91 Å². The van der Waals surface area contributed by atoms with Crippen molar-refractivity contribution in [1.29, 1.82) is 0 Å². The summed E-state index contributed by atoms with van der Waals surface area (Å²) in [7, 11) is 0. The van der Waals surface area contributed by atoms with Crippen molar-refractivity contribution in [3.8, 4) is 0 Å². The summed E-state index contributed by atoms with van der Waals surface area (Å²) in [5, 5.41) is 3.27. The Morgan fingerprint density at radius 3 is 2.50 bits per heavy atom. The van der Waals surface area contributed by atoms with Gasteiger partial charge in [0.1, 0.15) is 5.82 Å². The highest BCUT2D eigenvalue weighted by atomic mass is 19.1. The quantitative estimate of drug-likeness (QED) is 0.826. The largest absolute Gasteiger partial charge is 0.331 e. The second-order valence-corrected chi connectivity index (χ2v) is 5.03. The smallest absolute Gasteiger partial charge is 0.254 e. The van der Waals surface area contributed by atoms with Crippen LogP contribution >= 0.6 is 0 Å². The molecule has 1 aromatic carbocycles. The first kappa shape index (κ1) is 13.0. The molecule has 0 saturated carbocycles. The Hall–Kier alpha value is -1.42. The van der Waals surface area contributed by atoms with E-state index in [0.717, 1.165) is 13.1 Å². The maximum Gasteiger partial charge on any atom is 0.254 e. The zero-order chi connectivity index (χ0) is 13.3. The van der Waals surface area contributed by atoms with Gasteiger partial charge in [-0.05, 0) is 38.5 Å². The fraction of sp³-hybridized carbons (Fsp3) is 0.500. The van der Waals surface area contributed by atoms with E-state index in [-0.39, 0.29) is 23.8 Å². The SMILES string of the molecule is Cc1ccc(C(=O)N2C(C)CNCC2C)cc1F. The molecule has 1 aliphatic heterocycles. The van der Waals surface area contributed by atoms with Gasteiger partial charge in [0.2, 0.25) is 0 Å². The van der Waals surface area contributed by atoms with Gasteiger partial charge >= 0.3 is 0 Å². The van der Waals surface area contributed by atoms with Gasteiger partial charge in [0, 0.05) is 30.7 Å². The molecule has 98 valence electrons. The average Bonchev–Trinajstić information content (AvgIpc) is 2.32.